The van der Waals surface area contributed by atoms with Gasteiger partial charge in [-0.3, -0.25) is 24.6 Å². The summed E-state index contributed by atoms with van der Waals surface area (Å²) in [4.78, 5) is 50.3. The number of carbonyl (C=O) groups is 3. The van der Waals surface area contributed by atoms with Gasteiger partial charge in [0, 0.05) is 56.0 Å². The molecule has 3 aliphatic heterocycles. The van der Waals surface area contributed by atoms with Crippen molar-refractivity contribution in [2.45, 2.75) is 87.9 Å². The van der Waals surface area contributed by atoms with Crippen LogP contribution in [0.1, 0.15) is 90.5 Å². The second-order valence-electron chi connectivity index (χ2n) is 11.5. The van der Waals surface area contributed by atoms with Crippen molar-refractivity contribution < 1.29 is 19.1 Å². The van der Waals surface area contributed by atoms with Crippen LogP contribution in [0.4, 0.5) is 0 Å². The number of aromatic nitrogens is 2. The maximum absolute atomic E-state index is 13.0. The number of benzene rings is 1. The van der Waals surface area contributed by atoms with Crippen LogP contribution in [-0.4, -0.2) is 68.8 Å². The molecule has 2 saturated heterocycles. The highest BCUT2D eigenvalue weighted by molar-refractivity contribution is 6.05. The molecule has 9 nitrogen and oxygen atoms in total. The van der Waals surface area contributed by atoms with Crippen LogP contribution < -0.4 is 10.1 Å². The van der Waals surface area contributed by atoms with Gasteiger partial charge in [-0.05, 0) is 73.8 Å². The van der Waals surface area contributed by atoms with E-state index in [2.05, 4.69) is 20.2 Å². The predicted octanol–water partition coefficient (Wildman–Crippen LogP) is 2.90. The Labute approximate surface area is 222 Å². The lowest BCUT2D eigenvalue weighted by Crippen LogP contribution is -2.57. The van der Waals surface area contributed by atoms with E-state index in [1.165, 1.54) is 24.8 Å². The number of hydrogen-bond donors (Lipinski definition) is 1. The Morgan fingerprint density at radius 1 is 0.921 bits per heavy atom. The summed E-state index contributed by atoms with van der Waals surface area (Å²) in [7, 11) is 0. The number of hydrogen-bond acceptors (Lipinski definition) is 7. The topological polar surface area (TPSA) is 105 Å². The fourth-order valence-electron chi connectivity index (χ4n) is 6.56. The van der Waals surface area contributed by atoms with Gasteiger partial charge in [0.1, 0.15) is 23.7 Å². The van der Waals surface area contributed by atoms with Gasteiger partial charge >= 0.3 is 0 Å². The number of likely N-dealkylation sites (tertiary alicyclic amines) is 1. The number of piperidine rings is 1. The van der Waals surface area contributed by atoms with E-state index in [0.717, 1.165) is 49.5 Å². The molecule has 9 heteroatoms. The van der Waals surface area contributed by atoms with Crippen molar-refractivity contribution in [1.29, 1.82) is 0 Å². The van der Waals surface area contributed by atoms with Crippen LogP contribution in [-0.2, 0) is 16.1 Å². The van der Waals surface area contributed by atoms with E-state index in [1.807, 2.05) is 30.6 Å². The standard InChI is InChI=1S/C29H33N5O4/c35-26-10-9-24(28(36)32-26)34-16-18-11-21(7-8-22(18)29(34)37)38-25-4-2-1-3-23(25)33-14-20(15-33)27-30-12-19(13-31-27)17-5-6-17/h7-8,11-13,17,20,23-25H,1-6,9-10,14-16H2,(H,32,35,36)/t23-,24+,25-/m0/s1. The normalized spacial score (nSPS) is 28.2. The monoisotopic (exact) mass is 515 g/mol. The lowest BCUT2D eigenvalue weighted by atomic mass is 9.86. The molecule has 3 amide bonds. The minimum Gasteiger partial charge on any atom is -0.489 e. The van der Waals surface area contributed by atoms with E-state index in [-0.39, 0.29) is 30.2 Å². The third-order valence-electron chi connectivity index (χ3n) is 8.93. The molecule has 198 valence electrons. The van der Waals surface area contributed by atoms with Gasteiger partial charge in [-0.15, -0.1) is 0 Å². The van der Waals surface area contributed by atoms with Crippen LogP contribution in [0.3, 0.4) is 0 Å². The van der Waals surface area contributed by atoms with Gasteiger partial charge in [-0.1, -0.05) is 6.42 Å². The molecule has 38 heavy (non-hydrogen) atoms. The third kappa shape index (κ3) is 4.36. The molecule has 3 atom stereocenters. The molecule has 0 bridgehead atoms. The van der Waals surface area contributed by atoms with E-state index in [9.17, 15) is 14.4 Å². The molecule has 0 spiro atoms. The van der Waals surface area contributed by atoms with Crippen molar-refractivity contribution in [2.24, 2.45) is 0 Å². The molecule has 7 rings (SSSR count). The second kappa shape index (κ2) is 9.45. The maximum Gasteiger partial charge on any atom is 0.255 e. The van der Waals surface area contributed by atoms with Crippen LogP contribution in [0.25, 0.3) is 0 Å². The summed E-state index contributed by atoms with van der Waals surface area (Å²) in [5.74, 6) is 1.98. The van der Waals surface area contributed by atoms with Gasteiger partial charge < -0.3 is 9.64 Å². The summed E-state index contributed by atoms with van der Waals surface area (Å²) >= 11 is 0. The first kappa shape index (κ1) is 23.8. The van der Waals surface area contributed by atoms with Crippen LogP contribution in [0.15, 0.2) is 30.6 Å². The summed E-state index contributed by atoms with van der Waals surface area (Å²) in [6, 6.07) is 5.41. The molecule has 0 radical (unpaired) electrons. The Hall–Kier alpha value is -3.33. The van der Waals surface area contributed by atoms with Crippen molar-refractivity contribution in [1.82, 2.24) is 25.1 Å². The molecule has 2 aromatic rings. The maximum atomic E-state index is 13.0. The summed E-state index contributed by atoms with van der Waals surface area (Å²) in [6.45, 7) is 2.29. The molecule has 2 aliphatic carbocycles. The lowest BCUT2D eigenvalue weighted by Gasteiger charge is -2.47. The fourth-order valence-corrected chi connectivity index (χ4v) is 6.56. The van der Waals surface area contributed by atoms with E-state index >= 15 is 0 Å². The predicted molar refractivity (Wildman–Crippen MR) is 137 cm³/mol. The average Bonchev–Trinajstić information content (AvgIpc) is 3.69. The summed E-state index contributed by atoms with van der Waals surface area (Å²) in [6.07, 6.45) is 11.8. The Kier molecular flexibility index (Phi) is 5.91. The van der Waals surface area contributed by atoms with Crippen LogP contribution in [0.5, 0.6) is 5.75 Å². The first-order valence-electron chi connectivity index (χ1n) is 14.0. The summed E-state index contributed by atoms with van der Waals surface area (Å²) in [5.41, 5.74) is 2.77. The number of imide groups is 1. The molecule has 2 saturated carbocycles. The molecular formula is C29H33N5O4. The number of nitrogens with one attached hydrogen (secondary N) is 1. The first-order chi connectivity index (χ1) is 18.5. The van der Waals surface area contributed by atoms with Crippen molar-refractivity contribution in [3.05, 3.63) is 53.1 Å². The highest BCUT2D eigenvalue weighted by atomic mass is 16.5. The molecule has 5 aliphatic rings. The molecule has 4 heterocycles. The average molecular weight is 516 g/mol. The minimum atomic E-state index is -0.604. The Bertz CT molecular complexity index is 1270. The first-order valence-corrected chi connectivity index (χ1v) is 14.0. The number of carbonyl (C=O) groups excluding carboxylic acids is 3. The Balaban J connectivity index is 0.997. The SMILES string of the molecule is O=C1CC[C@@H](N2Cc3cc(O[C@H]4CCCC[C@@H]4N4CC(c5ncc(C6CC6)cn5)C4)ccc3C2=O)C(=O)N1. The highest BCUT2D eigenvalue weighted by Crippen LogP contribution is 2.40. The van der Waals surface area contributed by atoms with Gasteiger partial charge in [0.25, 0.3) is 5.91 Å². The number of fused-ring (bicyclic) bond motifs is 1. The van der Waals surface area contributed by atoms with E-state index < -0.39 is 6.04 Å². The number of ether oxygens (including phenoxy) is 1. The zero-order chi connectivity index (χ0) is 25.8. The molecule has 1 aromatic heterocycles. The molecule has 1 N–H and O–H groups in total. The van der Waals surface area contributed by atoms with Crippen molar-refractivity contribution >= 4 is 17.7 Å². The van der Waals surface area contributed by atoms with Crippen LogP contribution >= 0.6 is 0 Å². The number of rotatable bonds is 6. The number of nitrogens with zero attached hydrogens (tertiary/aromatic N) is 4. The third-order valence-corrected chi connectivity index (χ3v) is 8.93. The van der Waals surface area contributed by atoms with Crippen molar-refractivity contribution in [3.63, 3.8) is 0 Å². The lowest BCUT2D eigenvalue weighted by molar-refractivity contribution is -0.136. The van der Waals surface area contributed by atoms with Crippen LogP contribution in [0.2, 0.25) is 0 Å². The van der Waals surface area contributed by atoms with Crippen LogP contribution in [0, 0.1) is 0 Å². The minimum absolute atomic E-state index is 0.101. The smallest absolute Gasteiger partial charge is 0.255 e. The zero-order valence-corrected chi connectivity index (χ0v) is 21.5. The van der Waals surface area contributed by atoms with Gasteiger partial charge in [0.2, 0.25) is 11.8 Å². The van der Waals surface area contributed by atoms with E-state index in [0.29, 0.717) is 36.4 Å². The summed E-state index contributed by atoms with van der Waals surface area (Å²) in [5, 5.41) is 2.36. The highest BCUT2D eigenvalue weighted by Gasteiger charge is 2.42. The van der Waals surface area contributed by atoms with Crippen molar-refractivity contribution in [3.8, 4) is 5.75 Å². The molecule has 0 unspecified atom stereocenters. The van der Waals surface area contributed by atoms with E-state index in [1.54, 1.807) is 4.90 Å². The Morgan fingerprint density at radius 2 is 1.71 bits per heavy atom. The number of amides is 3. The van der Waals surface area contributed by atoms with E-state index in [4.69, 9.17) is 4.74 Å². The molecular weight excluding hydrogens is 482 g/mol. The fraction of sp³-hybridized carbons (Fsp3) is 0.552. The Morgan fingerprint density at radius 3 is 2.47 bits per heavy atom. The van der Waals surface area contributed by atoms with Crippen molar-refractivity contribution in [2.75, 3.05) is 13.1 Å². The van der Waals surface area contributed by atoms with Gasteiger partial charge in [0.05, 0.1) is 0 Å². The quantitative estimate of drug-likeness (QED) is 0.590. The summed E-state index contributed by atoms with van der Waals surface area (Å²) < 4.78 is 6.56. The van der Waals surface area contributed by atoms with Gasteiger partial charge in [-0.25, -0.2) is 9.97 Å². The second-order valence-corrected chi connectivity index (χ2v) is 11.5. The molecule has 4 fully saturated rings. The van der Waals surface area contributed by atoms with Gasteiger partial charge in [-0.2, -0.15) is 0 Å². The van der Waals surface area contributed by atoms with Gasteiger partial charge in [0.15, 0.2) is 0 Å². The molecule has 1 aromatic carbocycles. The zero-order valence-electron chi connectivity index (χ0n) is 21.5. The largest absolute Gasteiger partial charge is 0.489 e.